The summed E-state index contributed by atoms with van der Waals surface area (Å²) in [5.74, 6) is 1.56. The van der Waals surface area contributed by atoms with Crippen LogP contribution in [0.1, 0.15) is 68.9 Å². The van der Waals surface area contributed by atoms with Gasteiger partial charge in [-0.3, -0.25) is 0 Å². The van der Waals surface area contributed by atoms with Crippen molar-refractivity contribution in [2.45, 2.75) is 57.8 Å². The largest absolute Gasteiger partial charge is 0.502 e. The van der Waals surface area contributed by atoms with Crippen molar-refractivity contribution < 1.29 is 4.74 Å². The molecule has 0 amide bonds. The number of nitrogens with zero attached hydrogens (tertiary/aromatic N) is 1. The Hall–Kier alpha value is -1.75. The third-order valence-electron chi connectivity index (χ3n) is 4.66. The number of nitriles is 1. The summed E-state index contributed by atoms with van der Waals surface area (Å²) < 4.78 is 5.47. The molecule has 1 aromatic rings. The Morgan fingerprint density at radius 3 is 2.55 bits per heavy atom. The second-order valence-corrected chi connectivity index (χ2v) is 6.24. The molecule has 2 heteroatoms. The molecule has 0 atom stereocenters. The predicted octanol–water partition coefficient (Wildman–Crippen LogP) is 5.55. The van der Waals surface area contributed by atoms with Gasteiger partial charge < -0.3 is 4.74 Å². The number of allylic oxidation sites excluding steroid dienone is 1. The summed E-state index contributed by atoms with van der Waals surface area (Å²) in [5, 5.41) is 8.86. The fourth-order valence-electron chi connectivity index (χ4n) is 3.30. The van der Waals surface area contributed by atoms with Gasteiger partial charge in [0.2, 0.25) is 0 Å². The third-order valence-corrected chi connectivity index (χ3v) is 4.66. The number of hydrogen-bond acceptors (Lipinski definition) is 2. The molecule has 0 aromatic heterocycles. The van der Waals surface area contributed by atoms with Gasteiger partial charge in [0.15, 0.2) is 0 Å². The Kier molecular flexibility index (Phi) is 7.03. The normalized spacial score (nSPS) is 21.6. The summed E-state index contributed by atoms with van der Waals surface area (Å²) in [6.07, 6.45) is 12.6. The Labute approximate surface area is 134 Å². The van der Waals surface area contributed by atoms with Crippen molar-refractivity contribution in [2.24, 2.45) is 5.92 Å². The zero-order valence-electron chi connectivity index (χ0n) is 13.6. The van der Waals surface area contributed by atoms with E-state index in [-0.39, 0.29) is 0 Å². The molecule has 0 bridgehead atoms. The first-order valence-corrected chi connectivity index (χ1v) is 8.60. The molecule has 1 aliphatic rings. The fourth-order valence-corrected chi connectivity index (χ4v) is 3.30. The summed E-state index contributed by atoms with van der Waals surface area (Å²) in [7, 11) is 0. The van der Waals surface area contributed by atoms with Crippen molar-refractivity contribution >= 4 is 0 Å². The summed E-state index contributed by atoms with van der Waals surface area (Å²) in [4.78, 5) is 0. The van der Waals surface area contributed by atoms with Gasteiger partial charge in [0, 0.05) is 0 Å². The first-order chi connectivity index (χ1) is 10.8. The highest BCUT2D eigenvalue weighted by atomic mass is 16.5. The van der Waals surface area contributed by atoms with E-state index >= 15 is 0 Å². The van der Waals surface area contributed by atoms with E-state index in [1.807, 2.05) is 18.4 Å². The molecule has 0 heterocycles. The van der Waals surface area contributed by atoms with E-state index < -0.39 is 0 Å². The minimum atomic E-state index is 0.688. The van der Waals surface area contributed by atoms with Crippen LogP contribution >= 0.6 is 0 Å². The van der Waals surface area contributed by atoms with Crippen molar-refractivity contribution in [1.82, 2.24) is 0 Å². The fraction of sp³-hybridized carbons (Fsp3) is 0.550. The summed E-state index contributed by atoms with van der Waals surface area (Å²) in [5.41, 5.74) is 2.17. The molecule has 0 N–H and O–H groups in total. The van der Waals surface area contributed by atoms with E-state index in [0.29, 0.717) is 5.92 Å². The minimum absolute atomic E-state index is 0.688. The zero-order valence-corrected chi connectivity index (χ0v) is 13.6. The van der Waals surface area contributed by atoms with Gasteiger partial charge in [-0.25, -0.2) is 0 Å². The van der Waals surface area contributed by atoms with Gasteiger partial charge in [-0.2, -0.15) is 5.26 Å². The lowest BCUT2D eigenvalue weighted by atomic mass is 9.77. The van der Waals surface area contributed by atoms with Crippen LogP contribution in [0, 0.1) is 17.2 Å². The van der Waals surface area contributed by atoms with Crippen molar-refractivity contribution in [3.63, 3.8) is 0 Å². The van der Waals surface area contributed by atoms with Crippen LogP contribution < -0.4 is 0 Å². The SMILES string of the molecule is CC/C=C/OCCCC1CCC(c2ccc(C#N)cc2)CC1. The van der Waals surface area contributed by atoms with Crippen LogP contribution in [0.25, 0.3) is 0 Å². The molecule has 118 valence electrons. The van der Waals surface area contributed by atoms with Crippen LogP contribution in [0.3, 0.4) is 0 Å². The van der Waals surface area contributed by atoms with E-state index in [1.165, 1.54) is 44.1 Å². The molecule has 0 saturated heterocycles. The molecule has 2 nitrogen and oxygen atoms in total. The van der Waals surface area contributed by atoms with E-state index in [2.05, 4.69) is 31.2 Å². The second kappa shape index (κ2) is 9.30. The van der Waals surface area contributed by atoms with Crippen LogP contribution in [0.2, 0.25) is 0 Å². The summed E-state index contributed by atoms with van der Waals surface area (Å²) >= 11 is 0. The zero-order chi connectivity index (χ0) is 15.6. The lowest BCUT2D eigenvalue weighted by Crippen LogP contribution is -2.13. The van der Waals surface area contributed by atoms with Gasteiger partial charge >= 0.3 is 0 Å². The van der Waals surface area contributed by atoms with Crippen LogP contribution in [-0.2, 0) is 4.74 Å². The maximum atomic E-state index is 8.86. The number of hydrogen-bond donors (Lipinski definition) is 0. The quantitative estimate of drug-likeness (QED) is 0.488. The standard InChI is InChI=1S/C20H27NO/c1-2-3-14-22-15-4-5-17-6-10-19(11-7-17)20-12-8-18(16-21)9-13-20/h3,8-9,12-14,17,19H,2,4-7,10-11,15H2,1H3/b14-3+. The van der Waals surface area contributed by atoms with Crippen molar-refractivity contribution in [3.05, 3.63) is 47.7 Å². The minimum Gasteiger partial charge on any atom is -0.502 e. The average Bonchev–Trinajstić information content (AvgIpc) is 2.59. The smallest absolute Gasteiger partial charge is 0.0991 e. The Bertz CT molecular complexity index is 489. The van der Waals surface area contributed by atoms with Crippen LogP contribution in [-0.4, -0.2) is 6.61 Å². The molecule has 1 fully saturated rings. The van der Waals surface area contributed by atoms with E-state index in [0.717, 1.165) is 24.5 Å². The van der Waals surface area contributed by atoms with Crippen LogP contribution in [0.15, 0.2) is 36.6 Å². The van der Waals surface area contributed by atoms with Gasteiger partial charge in [-0.05, 0) is 74.5 Å². The highest BCUT2D eigenvalue weighted by Crippen LogP contribution is 2.37. The molecular weight excluding hydrogens is 270 g/mol. The van der Waals surface area contributed by atoms with Crippen molar-refractivity contribution in [2.75, 3.05) is 6.61 Å². The van der Waals surface area contributed by atoms with Crippen LogP contribution in [0.4, 0.5) is 0 Å². The van der Waals surface area contributed by atoms with Crippen molar-refractivity contribution in [1.29, 1.82) is 5.26 Å². The molecular formula is C20H27NO. The summed E-state index contributed by atoms with van der Waals surface area (Å²) in [6, 6.07) is 10.4. The van der Waals surface area contributed by atoms with Gasteiger partial charge in [0.05, 0.1) is 24.5 Å². The molecule has 0 unspecified atom stereocenters. The molecule has 0 spiro atoms. The first kappa shape index (κ1) is 16.6. The lowest BCUT2D eigenvalue weighted by molar-refractivity contribution is 0.219. The average molecular weight is 297 g/mol. The summed E-state index contributed by atoms with van der Waals surface area (Å²) in [6.45, 7) is 2.97. The topological polar surface area (TPSA) is 33.0 Å². The molecule has 22 heavy (non-hydrogen) atoms. The molecule has 0 radical (unpaired) electrons. The van der Waals surface area contributed by atoms with Crippen LogP contribution in [0.5, 0.6) is 0 Å². The Balaban J connectivity index is 1.67. The van der Waals surface area contributed by atoms with Gasteiger partial charge in [-0.1, -0.05) is 25.1 Å². The monoisotopic (exact) mass is 297 g/mol. The number of benzene rings is 1. The Morgan fingerprint density at radius 2 is 1.91 bits per heavy atom. The third kappa shape index (κ3) is 5.22. The van der Waals surface area contributed by atoms with E-state index in [1.54, 1.807) is 0 Å². The highest BCUT2D eigenvalue weighted by Gasteiger charge is 2.21. The van der Waals surface area contributed by atoms with E-state index in [4.69, 9.17) is 10.00 Å². The second-order valence-electron chi connectivity index (χ2n) is 6.24. The van der Waals surface area contributed by atoms with Gasteiger partial charge in [0.25, 0.3) is 0 Å². The maximum Gasteiger partial charge on any atom is 0.0991 e. The highest BCUT2D eigenvalue weighted by molar-refractivity contribution is 5.33. The first-order valence-electron chi connectivity index (χ1n) is 8.60. The number of ether oxygens (including phenoxy) is 1. The predicted molar refractivity (Wildman–Crippen MR) is 90.5 cm³/mol. The van der Waals surface area contributed by atoms with E-state index in [9.17, 15) is 0 Å². The van der Waals surface area contributed by atoms with Crippen molar-refractivity contribution in [3.8, 4) is 6.07 Å². The Morgan fingerprint density at radius 1 is 1.18 bits per heavy atom. The maximum absolute atomic E-state index is 8.86. The van der Waals surface area contributed by atoms with Gasteiger partial charge in [0.1, 0.15) is 0 Å². The molecule has 1 aliphatic carbocycles. The number of rotatable bonds is 7. The lowest BCUT2D eigenvalue weighted by Gasteiger charge is -2.28. The molecule has 1 aromatic carbocycles. The van der Waals surface area contributed by atoms with Gasteiger partial charge in [-0.15, -0.1) is 0 Å². The molecule has 1 saturated carbocycles. The molecule has 0 aliphatic heterocycles. The molecule has 2 rings (SSSR count).